The maximum atomic E-state index is 12.7. The van der Waals surface area contributed by atoms with Crippen LogP contribution in [0.25, 0.3) is 0 Å². The van der Waals surface area contributed by atoms with E-state index in [-0.39, 0.29) is 17.9 Å². The molecular weight excluding hydrogens is 366 g/mol. The van der Waals surface area contributed by atoms with Crippen LogP contribution in [-0.4, -0.2) is 55.5 Å². The fourth-order valence-electron chi connectivity index (χ4n) is 5.04. The number of nitrogens with one attached hydrogen (secondary N) is 2. The molecule has 3 heterocycles. The van der Waals surface area contributed by atoms with Crippen LogP contribution in [0.3, 0.4) is 0 Å². The Labute approximate surface area is 164 Å². The fourth-order valence-corrected chi connectivity index (χ4v) is 5.20. The largest absolute Gasteiger partial charge is 0.496 e. The average Bonchev–Trinajstić information content (AvgIpc) is 2.68. The van der Waals surface area contributed by atoms with Gasteiger partial charge in [0.25, 0.3) is 5.91 Å². The van der Waals surface area contributed by atoms with Gasteiger partial charge in [-0.25, -0.2) is 0 Å². The Morgan fingerprint density at radius 3 is 3.00 bits per heavy atom. The number of amides is 2. The number of fused-ring (bicyclic) bond motifs is 4. The predicted molar refractivity (Wildman–Crippen MR) is 103 cm³/mol. The van der Waals surface area contributed by atoms with Crippen molar-refractivity contribution in [2.75, 3.05) is 26.7 Å². The monoisotopic (exact) mass is 391 g/mol. The molecule has 2 bridgehead atoms. The lowest BCUT2D eigenvalue weighted by atomic mass is 9.72. The normalized spacial score (nSPS) is 29.9. The zero-order chi connectivity index (χ0) is 19.0. The number of hydrogen-bond acceptors (Lipinski definition) is 4. The third-order valence-electron chi connectivity index (χ3n) is 6.28. The zero-order valence-electron chi connectivity index (χ0n) is 15.5. The molecule has 3 fully saturated rings. The van der Waals surface area contributed by atoms with Crippen molar-refractivity contribution in [1.82, 2.24) is 15.5 Å². The molecule has 2 amide bonds. The summed E-state index contributed by atoms with van der Waals surface area (Å²) >= 11 is 5.99. The Hall–Kier alpha value is -1.79. The third-order valence-corrected chi connectivity index (χ3v) is 6.52. The smallest absolute Gasteiger partial charge is 0.255 e. The molecule has 0 unspecified atom stereocenters. The van der Waals surface area contributed by atoms with E-state index in [1.165, 1.54) is 7.11 Å². The van der Waals surface area contributed by atoms with Crippen LogP contribution in [0.1, 0.15) is 36.0 Å². The van der Waals surface area contributed by atoms with Crippen molar-refractivity contribution < 1.29 is 14.3 Å². The minimum atomic E-state index is -0.199. The molecule has 4 atom stereocenters. The summed E-state index contributed by atoms with van der Waals surface area (Å²) in [6.07, 6.45) is 3.80. The Morgan fingerprint density at radius 2 is 2.19 bits per heavy atom. The second-order valence-corrected chi connectivity index (χ2v) is 8.23. The Morgan fingerprint density at radius 1 is 1.37 bits per heavy atom. The number of carbonyl (C=O) groups excluding carboxylic acids is 2. The van der Waals surface area contributed by atoms with E-state index < -0.39 is 0 Å². The highest BCUT2D eigenvalue weighted by molar-refractivity contribution is 6.30. The molecule has 0 aromatic heterocycles. The van der Waals surface area contributed by atoms with Crippen molar-refractivity contribution in [3.05, 3.63) is 28.8 Å². The lowest BCUT2D eigenvalue weighted by Crippen LogP contribution is -2.66. The first-order valence-corrected chi connectivity index (χ1v) is 10.1. The van der Waals surface area contributed by atoms with Gasteiger partial charge in [-0.2, -0.15) is 0 Å². The van der Waals surface area contributed by atoms with Crippen molar-refractivity contribution in [2.45, 2.75) is 37.8 Å². The number of rotatable bonds is 4. The molecule has 7 heteroatoms. The van der Waals surface area contributed by atoms with Gasteiger partial charge in [0.05, 0.1) is 18.7 Å². The van der Waals surface area contributed by atoms with Crippen molar-refractivity contribution >= 4 is 23.4 Å². The number of methoxy groups -OCH3 is 1. The van der Waals surface area contributed by atoms with Crippen LogP contribution in [0.2, 0.25) is 5.02 Å². The van der Waals surface area contributed by atoms with Crippen LogP contribution in [0.4, 0.5) is 0 Å². The average molecular weight is 392 g/mol. The molecule has 3 saturated heterocycles. The summed E-state index contributed by atoms with van der Waals surface area (Å²) < 4.78 is 5.29. The predicted octanol–water partition coefficient (Wildman–Crippen LogP) is 2.07. The van der Waals surface area contributed by atoms with Gasteiger partial charge in [0.1, 0.15) is 5.75 Å². The van der Waals surface area contributed by atoms with Crippen LogP contribution in [0.15, 0.2) is 18.2 Å². The molecule has 27 heavy (non-hydrogen) atoms. The minimum Gasteiger partial charge on any atom is -0.496 e. The summed E-state index contributed by atoms with van der Waals surface area (Å²) in [6, 6.07) is 5.34. The molecule has 0 aliphatic carbocycles. The van der Waals surface area contributed by atoms with E-state index in [2.05, 4.69) is 15.5 Å². The van der Waals surface area contributed by atoms with Gasteiger partial charge in [-0.3, -0.25) is 9.59 Å². The molecule has 0 spiro atoms. The summed E-state index contributed by atoms with van der Waals surface area (Å²) in [5.74, 6) is 1.42. The molecule has 0 radical (unpaired) electrons. The highest BCUT2D eigenvalue weighted by Crippen LogP contribution is 2.39. The molecule has 6 nitrogen and oxygen atoms in total. The fraction of sp³-hybridized carbons (Fsp3) is 0.600. The van der Waals surface area contributed by atoms with E-state index in [9.17, 15) is 9.59 Å². The number of halogens is 1. The number of benzene rings is 1. The maximum absolute atomic E-state index is 12.7. The number of piperidine rings is 3. The van der Waals surface area contributed by atoms with Crippen molar-refractivity contribution in [1.29, 1.82) is 0 Å². The summed E-state index contributed by atoms with van der Waals surface area (Å²) in [6.45, 7) is 2.36. The number of nitrogens with zero attached hydrogens (tertiary/aromatic N) is 1. The van der Waals surface area contributed by atoms with E-state index in [4.69, 9.17) is 16.3 Å². The van der Waals surface area contributed by atoms with Gasteiger partial charge < -0.3 is 20.3 Å². The van der Waals surface area contributed by atoms with Crippen molar-refractivity contribution in [3.8, 4) is 5.75 Å². The SMILES string of the molecule is COc1cc(Cl)ccc1C(=O)NC[C@H]1[C@@H]2CNC[C@@H](C2)[C@@H]2CCCC(=O)N21. The van der Waals surface area contributed by atoms with Crippen LogP contribution < -0.4 is 15.4 Å². The number of hydrogen-bond donors (Lipinski definition) is 2. The van der Waals surface area contributed by atoms with Crippen LogP contribution in [0, 0.1) is 11.8 Å². The Bertz CT molecular complexity index is 741. The van der Waals surface area contributed by atoms with Gasteiger partial charge >= 0.3 is 0 Å². The standard InChI is InChI=1S/C20H26ClN3O3/c1-27-18-8-14(21)5-6-15(18)20(26)23-11-17-13-7-12(9-22-10-13)16-3-2-4-19(25)24(16)17/h5-6,8,12-13,16-17,22H,2-4,7,9-11H2,1H3,(H,23,26)/t12-,13+,16+,17+/m1/s1. The second kappa shape index (κ2) is 7.68. The van der Waals surface area contributed by atoms with E-state index >= 15 is 0 Å². The quantitative estimate of drug-likeness (QED) is 0.824. The van der Waals surface area contributed by atoms with Gasteiger partial charge in [0.15, 0.2) is 0 Å². The first-order chi connectivity index (χ1) is 13.1. The van der Waals surface area contributed by atoms with Crippen molar-refractivity contribution in [3.63, 3.8) is 0 Å². The molecule has 3 aliphatic heterocycles. The molecule has 0 saturated carbocycles. The van der Waals surface area contributed by atoms with Crippen LogP contribution >= 0.6 is 11.6 Å². The summed E-state index contributed by atoms with van der Waals surface area (Å²) in [5.41, 5.74) is 0.457. The highest BCUT2D eigenvalue weighted by atomic mass is 35.5. The van der Waals surface area contributed by atoms with Gasteiger partial charge in [0, 0.05) is 30.6 Å². The molecule has 4 rings (SSSR count). The van der Waals surface area contributed by atoms with Crippen molar-refractivity contribution in [2.24, 2.45) is 11.8 Å². The third kappa shape index (κ3) is 3.52. The van der Waals surface area contributed by atoms with Crippen LogP contribution in [-0.2, 0) is 4.79 Å². The first kappa shape index (κ1) is 18.6. The van der Waals surface area contributed by atoms with E-state index in [1.54, 1.807) is 18.2 Å². The zero-order valence-corrected chi connectivity index (χ0v) is 16.3. The molecular formula is C20H26ClN3O3. The Balaban J connectivity index is 1.50. The van der Waals surface area contributed by atoms with Crippen LogP contribution in [0.5, 0.6) is 5.75 Å². The molecule has 2 N–H and O–H groups in total. The lowest BCUT2D eigenvalue weighted by molar-refractivity contribution is -0.148. The summed E-state index contributed by atoms with van der Waals surface area (Å²) in [5, 5.41) is 7.08. The van der Waals surface area contributed by atoms with Gasteiger partial charge in [-0.05, 0) is 55.8 Å². The van der Waals surface area contributed by atoms with E-state index in [1.807, 2.05) is 0 Å². The topological polar surface area (TPSA) is 70.7 Å². The molecule has 1 aromatic carbocycles. The minimum absolute atomic E-state index is 0.0501. The maximum Gasteiger partial charge on any atom is 0.255 e. The number of carbonyl (C=O) groups is 2. The lowest BCUT2D eigenvalue weighted by Gasteiger charge is -2.54. The number of ether oxygens (including phenoxy) is 1. The summed E-state index contributed by atoms with van der Waals surface area (Å²) in [4.78, 5) is 27.5. The van der Waals surface area contributed by atoms with Gasteiger partial charge in [-0.15, -0.1) is 0 Å². The van der Waals surface area contributed by atoms with E-state index in [0.717, 1.165) is 32.4 Å². The second-order valence-electron chi connectivity index (χ2n) is 7.80. The molecule has 146 valence electrons. The highest BCUT2D eigenvalue weighted by Gasteiger charge is 2.47. The summed E-state index contributed by atoms with van der Waals surface area (Å²) in [7, 11) is 1.52. The van der Waals surface area contributed by atoms with E-state index in [0.29, 0.717) is 47.2 Å². The molecule has 3 aliphatic rings. The van der Waals surface area contributed by atoms with Gasteiger partial charge in [0.2, 0.25) is 5.91 Å². The first-order valence-electron chi connectivity index (χ1n) is 9.72. The Kier molecular flexibility index (Phi) is 5.28. The van der Waals surface area contributed by atoms with Gasteiger partial charge in [-0.1, -0.05) is 11.6 Å². The molecule has 1 aromatic rings.